The SMILES string of the molecule is COc1cc(CNCCCSc2ncccn2)ccc1OCc1ccc(Cl)cc1. The average Bonchev–Trinajstić information content (AvgIpc) is 2.77. The molecule has 0 radical (unpaired) electrons. The Bertz CT molecular complexity index is 879. The zero-order chi connectivity index (χ0) is 20.3. The Balaban J connectivity index is 1.41. The largest absolute Gasteiger partial charge is 0.493 e. The molecule has 5 nitrogen and oxygen atoms in total. The second-order valence-corrected chi connectivity index (χ2v) is 7.81. The van der Waals surface area contributed by atoms with Gasteiger partial charge in [-0.15, -0.1) is 0 Å². The molecule has 0 bridgehead atoms. The van der Waals surface area contributed by atoms with Crippen LogP contribution in [0.3, 0.4) is 0 Å². The van der Waals surface area contributed by atoms with Crippen LogP contribution in [0.25, 0.3) is 0 Å². The van der Waals surface area contributed by atoms with Gasteiger partial charge in [0.1, 0.15) is 6.61 Å². The molecule has 0 amide bonds. The lowest BCUT2D eigenvalue weighted by Crippen LogP contribution is -2.15. The maximum atomic E-state index is 5.92. The Kier molecular flexibility index (Phi) is 8.61. The molecule has 3 aromatic rings. The first-order valence-corrected chi connectivity index (χ1v) is 10.8. The van der Waals surface area contributed by atoms with Crippen molar-refractivity contribution in [2.75, 3.05) is 19.4 Å². The fourth-order valence-electron chi connectivity index (χ4n) is 2.64. The zero-order valence-electron chi connectivity index (χ0n) is 16.3. The number of hydrogen-bond acceptors (Lipinski definition) is 6. The first-order valence-electron chi connectivity index (χ1n) is 9.39. The van der Waals surface area contributed by atoms with Crippen LogP contribution in [0.1, 0.15) is 17.5 Å². The zero-order valence-corrected chi connectivity index (χ0v) is 17.9. The average molecular weight is 430 g/mol. The molecule has 3 rings (SSSR count). The van der Waals surface area contributed by atoms with E-state index in [9.17, 15) is 0 Å². The van der Waals surface area contributed by atoms with Crippen LogP contribution in [0, 0.1) is 0 Å². The molecule has 1 N–H and O–H groups in total. The third kappa shape index (κ3) is 7.24. The Labute approximate surface area is 180 Å². The maximum absolute atomic E-state index is 5.92. The smallest absolute Gasteiger partial charge is 0.187 e. The number of benzene rings is 2. The fourth-order valence-corrected chi connectivity index (χ4v) is 3.50. The van der Waals surface area contributed by atoms with Crippen molar-refractivity contribution in [1.82, 2.24) is 15.3 Å². The third-order valence-corrected chi connectivity index (χ3v) is 5.35. The summed E-state index contributed by atoms with van der Waals surface area (Å²) < 4.78 is 11.4. The normalized spacial score (nSPS) is 10.7. The van der Waals surface area contributed by atoms with E-state index in [0.29, 0.717) is 6.61 Å². The van der Waals surface area contributed by atoms with Gasteiger partial charge in [0, 0.05) is 29.7 Å². The van der Waals surface area contributed by atoms with Crippen molar-refractivity contribution in [3.8, 4) is 11.5 Å². The first kappa shape index (κ1) is 21.4. The van der Waals surface area contributed by atoms with Crippen molar-refractivity contribution in [3.63, 3.8) is 0 Å². The maximum Gasteiger partial charge on any atom is 0.187 e. The van der Waals surface area contributed by atoms with E-state index in [0.717, 1.165) is 58.1 Å². The summed E-state index contributed by atoms with van der Waals surface area (Å²) in [5.74, 6) is 2.44. The number of nitrogens with one attached hydrogen (secondary N) is 1. The van der Waals surface area contributed by atoms with Gasteiger partial charge in [-0.3, -0.25) is 0 Å². The summed E-state index contributed by atoms with van der Waals surface area (Å²) in [5, 5.41) is 5.00. The molecule has 0 saturated heterocycles. The topological polar surface area (TPSA) is 56.3 Å². The van der Waals surface area contributed by atoms with E-state index in [1.165, 1.54) is 0 Å². The molecule has 0 unspecified atom stereocenters. The van der Waals surface area contributed by atoms with E-state index in [1.807, 2.05) is 42.5 Å². The lowest BCUT2D eigenvalue weighted by molar-refractivity contribution is 0.284. The van der Waals surface area contributed by atoms with Crippen molar-refractivity contribution in [2.24, 2.45) is 0 Å². The predicted molar refractivity (Wildman–Crippen MR) is 118 cm³/mol. The van der Waals surface area contributed by atoms with Crippen molar-refractivity contribution >= 4 is 23.4 Å². The van der Waals surface area contributed by atoms with Gasteiger partial charge in [0.25, 0.3) is 0 Å². The van der Waals surface area contributed by atoms with Gasteiger partial charge in [-0.05, 0) is 54.4 Å². The minimum absolute atomic E-state index is 0.466. The Hall–Kier alpha value is -2.28. The summed E-state index contributed by atoms with van der Waals surface area (Å²) in [5.41, 5.74) is 2.21. The van der Waals surface area contributed by atoms with Gasteiger partial charge in [-0.25, -0.2) is 9.97 Å². The van der Waals surface area contributed by atoms with Crippen molar-refractivity contribution in [2.45, 2.75) is 24.7 Å². The van der Waals surface area contributed by atoms with Crippen LogP contribution in [-0.4, -0.2) is 29.4 Å². The summed E-state index contributed by atoms with van der Waals surface area (Å²) in [4.78, 5) is 8.42. The summed E-state index contributed by atoms with van der Waals surface area (Å²) in [6, 6.07) is 15.5. The van der Waals surface area contributed by atoms with Crippen LogP contribution in [0.2, 0.25) is 5.02 Å². The highest BCUT2D eigenvalue weighted by molar-refractivity contribution is 7.99. The highest BCUT2D eigenvalue weighted by Crippen LogP contribution is 2.29. The number of aromatic nitrogens is 2. The molecule has 29 heavy (non-hydrogen) atoms. The van der Waals surface area contributed by atoms with Crippen LogP contribution in [0.5, 0.6) is 11.5 Å². The third-order valence-electron chi connectivity index (χ3n) is 4.14. The fraction of sp³-hybridized carbons (Fsp3) is 0.273. The van der Waals surface area contributed by atoms with Gasteiger partial charge in [0.05, 0.1) is 7.11 Å². The van der Waals surface area contributed by atoms with Crippen LogP contribution >= 0.6 is 23.4 Å². The number of thioether (sulfide) groups is 1. The van der Waals surface area contributed by atoms with Crippen molar-refractivity contribution in [1.29, 1.82) is 0 Å². The van der Waals surface area contributed by atoms with E-state index >= 15 is 0 Å². The van der Waals surface area contributed by atoms with Gasteiger partial charge in [0.15, 0.2) is 16.7 Å². The second kappa shape index (κ2) is 11.7. The Morgan fingerprint density at radius 3 is 2.52 bits per heavy atom. The molecule has 0 atom stereocenters. The molecule has 1 aromatic heterocycles. The summed E-state index contributed by atoms with van der Waals surface area (Å²) in [7, 11) is 1.66. The van der Waals surface area contributed by atoms with Gasteiger partial charge in [-0.2, -0.15) is 0 Å². The lowest BCUT2D eigenvalue weighted by Gasteiger charge is -2.13. The van der Waals surface area contributed by atoms with E-state index in [2.05, 4.69) is 21.4 Å². The van der Waals surface area contributed by atoms with Gasteiger partial charge >= 0.3 is 0 Å². The van der Waals surface area contributed by atoms with E-state index < -0.39 is 0 Å². The quantitative estimate of drug-likeness (QED) is 0.263. The monoisotopic (exact) mass is 429 g/mol. The van der Waals surface area contributed by atoms with Crippen LogP contribution < -0.4 is 14.8 Å². The number of hydrogen-bond donors (Lipinski definition) is 1. The number of nitrogens with zero attached hydrogens (tertiary/aromatic N) is 2. The van der Waals surface area contributed by atoms with Gasteiger partial charge in [-0.1, -0.05) is 41.6 Å². The van der Waals surface area contributed by atoms with Crippen molar-refractivity contribution in [3.05, 3.63) is 77.1 Å². The Morgan fingerprint density at radius 2 is 1.76 bits per heavy atom. The van der Waals surface area contributed by atoms with Crippen LogP contribution in [0.15, 0.2) is 66.1 Å². The predicted octanol–water partition coefficient (Wildman–Crippen LogP) is 4.99. The van der Waals surface area contributed by atoms with E-state index in [1.54, 1.807) is 31.3 Å². The molecule has 1 heterocycles. The molecule has 0 aliphatic heterocycles. The molecule has 7 heteroatoms. The molecule has 0 saturated carbocycles. The molecule has 0 aliphatic rings. The minimum atomic E-state index is 0.466. The molecule has 152 valence electrons. The molecule has 0 fully saturated rings. The molecule has 0 spiro atoms. The number of methoxy groups -OCH3 is 1. The summed E-state index contributed by atoms with van der Waals surface area (Å²) in [6.07, 6.45) is 4.58. The van der Waals surface area contributed by atoms with Crippen LogP contribution in [-0.2, 0) is 13.2 Å². The summed E-state index contributed by atoms with van der Waals surface area (Å²) >= 11 is 7.59. The van der Waals surface area contributed by atoms with E-state index in [4.69, 9.17) is 21.1 Å². The standard InChI is InChI=1S/C22H24ClN3O2S/c1-27-21-14-18(15-24-10-3-13-29-22-25-11-2-12-26-22)6-9-20(21)28-16-17-4-7-19(23)8-5-17/h2,4-9,11-12,14,24H,3,10,13,15-16H2,1H3. The summed E-state index contributed by atoms with van der Waals surface area (Å²) in [6.45, 7) is 2.17. The molecule has 0 aliphatic carbocycles. The van der Waals surface area contributed by atoms with E-state index in [-0.39, 0.29) is 0 Å². The molecular weight excluding hydrogens is 406 g/mol. The lowest BCUT2D eigenvalue weighted by atomic mass is 10.2. The second-order valence-electron chi connectivity index (χ2n) is 6.31. The Morgan fingerprint density at radius 1 is 1.00 bits per heavy atom. The minimum Gasteiger partial charge on any atom is -0.493 e. The number of ether oxygens (including phenoxy) is 2. The van der Waals surface area contributed by atoms with Gasteiger partial charge < -0.3 is 14.8 Å². The van der Waals surface area contributed by atoms with Crippen LogP contribution in [0.4, 0.5) is 0 Å². The number of rotatable bonds is 11. The molecule has 2 aromatic carbocycles. The van der Waals surface area contributed by atoms with Crippen molar-refractivity contribution < 1.29 is 9.47 Å². The first-order chi connectivity index (χ1) is 14.2. The highest BCUT2D eigenvalue weighted by Gasteiger charge is 2.06. The highest BCUT2D eigenvalue weighted by atomic mass is 35.5. The van der Waals surface area contributed by atoms with Gasteiger partial charge in [0.2, 0.25) is 0 Å². The number of halogens is 1. The molecular formula is C22H24ClN3O2S.